The van der Waals surface area contributed by atoms with Crippen molar-refractivity contribution in [1.29, 1.82) is 0 Å². The number of phosphoric acid groups is 1. The smallest absolute Gasteiger partial charge is 0.354 e. The molecule has 0 atom stereocenters. The van der Waals surface area contributed by atoms with E-state index < -0.39 is 14.1 Å². The number of ether oxygens (including phenoxy) is 2. The van der Waals surface area contributed by atoms with E-state index in [0.29, 0.717) is 0 Å². The fourth-order valence-electron chi connectivity index (χ4n) is 0.812. The average Bonchev–Trinajstić information content (AvgIpc) is 2.20. The van der Waals surface area contributed by atoms with Crippen molar-refractivity contribution in [2.75, 3.05) is 34.0 Å². The molecule has 0 aromatic rings. The van der Waals surface area contributed by atoms with E-state index in [9.17, 15) is 4.57 Å². The first-order valence-corrected chi connectivity index (χ1v) is 6.17. The summed E-state index contributed by atoms with van der Waals surface area (Å²) in [5.41, 5.74) is 0. The first-order chi connectivity index (χ1) is 7.11. The molecular weight excluding hydrogens is 223 g/mol. The van der Waals surface area contributed by atoms with Crippen LogP contribution in [0.5, 0.6) is 0 Å². The molecule has 15 heavy (non-hydrogen) atoms. The second-order valence-electron chi connectivity index (χ2n) is 2.48. The van der Waals surface area contributed by atoms with Gasteiger partial charge in [0.15, 0.2) is 6.29 Å². The Morgan fingerprint density at radius 3 is 1.80 bits per heavy atom. The zero-order chi connectivity index (χ0) is 11.7. The highest BCUT2D eigenvalue weighted by molar-refractivity contribution is 7.48. The van der Waals surface area contributed by atoms with Crippen LogP contribution in [0, 0.1) is 0 Å². The minimum absolute atomic E-state index is 0.00965. The lowest BCUT2D eigenvalue weighted by Crippen LogP contribution is -2.20. The fraction of sp³-hybridized carbons (Fsp3) is 1.00. The van der Waals surface area contributed by atoms with E-state index in [1.165, 1.54) is 14.2 Å². The Kier molecular flexibility index (Phi) is 8.23. The molecule has 0 bridgehead atoms. The number of rotatable bonds is 9. The van der Waals surface area contributed by atoms with E-state index in [4.69, 9.17) is 23.0 Å². The molecule has 92 valence electrons. The lowest BCUT2D eigenvalue weighted by molar-refractivity contribution is -0.126. The van der Waals surface area contributed by atoms with Crippen LogP contribution in [0.3, 0.4) is 0 Å². The van der Waals surface area contributed by atoms with E-state index in [1.54, 1.807) is 13.8 Å². The van der Waals surface area contributed by atoms with E-state index in [2.05, 4.69) is 0 Å². The van der Waals surface area contributed by atoms with Crippen molar-refractivity contribution in [1.82, 2.24) is 0 Å². The molecule has 0 aliphatic carbocycles. The van der Waals surface area contributed by atoms with Crippen LogP contribution in [0.2, 0.25) is 0 Å². The summed E-state index contributed by atoms with van der Waals surface area (Å²) in [6.45, 7) is 3.91. The van der Waals surface area contributed by atoms with Gasteiger partial charge in [-0.3, -0.25) is 13.6 Å². The molecular formula is C8H19O6P. The van der Waals surface area contributed by atoms with Gasteiger partial charge in [-0.2, -0.15) is 0 Å². The van der Waals surface area contributed by atoms with Gasteiger partial charge in [0.2, 0.25) is 0 Å². The van der Waals surface area contributed by atoms with Crippen molar-refractivity contribution in [3.8, 4) is 0 Å². The summed E-state index contributed by atoms with van der Waals surface area (Å²) in [6.07, 6.45) is -0.584. The Balaban J connectivity index is 4.10. The maximum Gasteiger partial charge on any atom is 0.474 e. The number of hydrogen-bond acceptors (Lipinski definition) is 6. The SMILES string of the molecule is CCOP(=O)(OCC)OCC(OC)OC. The molecule has 0 fully saturated rings. The van der Waals surface area contributed by atoms with Crippen LogP contribution in [-0.4, -0.2) is 40.3 Å². The third kappa shape index (κ3) is 6.25. The van der Waals surface area contributed by atoms with Crippen LogP contribution in [-0.2, 0) is 27.6 Å². The predicted octanol–water partition coefficient (Wildman–Crippen LogP) is 1.80. The Labute approximate surface area is 90.4 Å². The summed E-state index contributed by atoms with van der Waals surface area (Å²) in [6, 6.07) is 0. The van der Waals surface area contributed by atoms with E-state index >= 15 is 0 Å². The molecule has 0 aromatic heterocycles. The maximum atomic E-state index is 11.8. The number of phosphoric ester groups is 1. The molecule has 0 rings (SSSR count). The number of hydrogen-bond donors (Lipinski definition) is 0. The van der Waals surface area contributed by atoms with E-state index in [1.807, 2.05) is 0 Å². The third-order valence-electron chi connectivity index (χ3n) is 1.47. The predicted molar refractivity (Wildman–Crippen MR) is 54.6 cm³/mol. The van der Waals surface area contributed by atoms with Crippen molar-refractivity contribution < 1.29 is 27.6 Å². The van der Waals surface area contributed by atoms with Gasteiger partial charge in [-0.15, -0.1) is 0 Å². The van der Waals surface area contributed by atoms with Gasteiger partial charge in [-0.05, 0) is 13.8 Å². The molecule has 0 aliphatic heterocycles. The van der Waals surface area contributed by atoms with Crippen LogP contribution < -0.4 is 0 Å². The molecule has 0 aromatic carbocycles. The van der Waals surface area contributed by atoms with Crippen LogP contribution >= 0.6 is 7.82 Å². The lowest BCUT2D eigenvalue weighted by atomic mass is 10.7. The zero-order valence-corrected chi connectivity index (χ0v) is 10.5. The van der Waals surface area contributed by atoms with Gasteiger partial charge in [0.1, 0.15) is 6.61 Å². The maximum absolute atomic E-state index is 11.8. The molecule has 0 amide bonds. The highest BCUT2D eigenvalue weighted by Crippen LogP contribution is 2.49. The summed E-state index contributed by atoms with van der Waals surface area (Å²) in [4.78, 5) is 0. The molecule has 0 saturated carbocycles. The molecule has 0 N–H and O–H groups in total. The Morgan fingerprint density at radius 2 is 1.47 bits per heavy atom. The highest BCUT2D eigenvalue weighted by Gasteiger charge is 2.26. The second kappa shape index (κ2) is 8.21. The minimum atomic E-state index is -3.46. The van der Waals surface area contributed by atoms with Crippen molar-refractivity contribution in [3.63, 3.8) is 0 Å². The topological polar surface area (TPSA) is 63.2 Å². The molecule has 0 radical (unpaired) electrons. The fourth-order valence-corrected chi connectivity index (χ4v) is 1.97. The average molecular weight is 242 g/mol. The third-order valence-corrected chi connectivity index (χ3v) is 3.08. The Morgan fingerprint density at radius 1 is 1.00 bits per heavy atom. The van der Waals surface area contributed by atoms with E-state index in [-0.39, 0.29) is 19.8 Å². The summed E-state index contributed by atoms with van der Waals surface area (Å²) >= 11 is 0. The Hall–Kier alpha value is 0.0300. The van der Waals surface area contributed by atoms with Gasteiger partial charge in [-0.1, -0.05) is 0 Å². The summed E-state index contributed by atoms with van der Waals surface area (Å²) in [7, 11) is -0.535. The zero-order valence-electron chi connectivity index (χ0n) is 9.60. The van der Waals surface area contributed by atoms with E-state index in [0.717, 1.165) is 0 Å². The number of methoxy groups -OCH3 is 2. The van der Waals surface area contributed by atoms with Crippen molar-refractivity contribution in [3.05, 3.63) is 0 Å². The van der Waals surface area contributed by atoms with Gasteiger partial charge in [0.05, 0.1) is 13.2 Å². The summed E-state index contributed by atoms with van der Waals surface area (Å²) in [5.74, 6) is 0. The molecule has 6 nitrogen and oxygen atoms in total. The molecule has 0 aliphatic rings. The Bertz CT molecular complexity index is 184. The van der Waals surface area contributed by atoms with Crippen LogP contribution in [0.4, 0.5) is 0 Å². The van der Waals surface area contributed by atoms with Gasteiger partial charge in [0.25, 0.3) is 0 Å². The first kappa shape index (κ1) is 15.0. The monoisotopic (exact) mass is 242 g/mol. The van der Waals surface area contributed by atoms with Crippen LogP contribution in [0.1, 0.15) is 13.8 Å². The quantitative estimate of drug-likeness (QED) is 0.454. The molecule has 0 saturated heterocycles. The second-order valence-corrected chi connectivity index (χ2v) is 4.15. The van der Waals surface area contributed by atoms with Gasteiger partial charge >= 0.3 is 7.82 Å². The standard InChI is InChI=1S/C8H19O6P/c1-5-12-15(9,13-6-2)14-7-8(10-3)11-4/h8H,5-7H2,1-4H3. The van der Waals surface area contributed by atoms with Crippen LogP contribution in [0.15, 0.2) is 0 Å². The largest absolute Gasteiger partial charge is 0.474 e. The molecule has 7 heteroatoms. The highest BCUT2D eigenvalue weighted by atomic mass is 31.2. The lowest BCUT2D eigenvalue weighted by Gasteiger charge is -2.19. The van der Waals surface area contributed by atoms with Crippen LogP contribution in [0.25, 0.3) is 0 Å². The van der Waals surface area contributed by atoms with Gasteiger partial charge in [-0.25, -0.2) is 4.57 Å². The van der Waals surface area contributed by atoms with Crippen molar-refractivity contribution in [2.24, 2.45) is 0 Å². The van der Waals surface area contributed by atoms with Crippen molar-refractivity contribution >= 4 is 7.82 Å². The first-order valence-electron chi connectivity index (χ1n) is 4.71. The summed E-state index contributed by atoms with van der Waals surface area (Å²) < 4.78 is 36.3. The minimum Gasteiger partial charge on any atom is -0.354 e. The van der Waals surface area contributed by atoms with Gasteiger partial charge < -0.3 is 9.47 Å². The molecule has 0 unspecified atom stereocenters. The summed E-state index contributed by atoms with van der Waals surface area (Å²) in [5, 5.41) is 0. The molecule has 0 spiro atoms. The van der Waals surface area contributed by atoms with Gasteiger partial charge in [0, 0.05) is 14.2 Å². The molecule has 0 heterocycles. The normalized spacial score (nSPS) is 12.3. The van der Waals surface area contributed by atoms with Crippen molar-refractivity contribution in [2.45, 2.75) is 20.1 Å².